The van der Waals surface area contributed by atoms with E-state index in [-0.39, 0.29) is 12.4 Å². The van der Waals surface area contributed by atoms with Crippen molar-refractivity contribution in [1.29, 1.82) is 0 Å². The predicted octanol–water partition coefficient (Wildman–Crippen LogP) is 2.08. The van der Waals surface area contributed by atoms with Gasteiger partial charge in [0.2, 0.25) is 0 Å². The van der Waals surface area contributed by atoms with Crippen molar-refractivity contribution in [3.63, 3.8) is 0 Å². The second-order valence-corrected chi connectivity index (χ2v) is 4.27. The summed E-state index contributed by atoms with van der Waals surface area (Å²) in [6.45, 7) is 0.253. The van der Waals surface area contributed by atoms with Crippen LogP contribution in [0.3, 0.4) is 0 Å². The van der Waals surface area contributed by atoms with Crippen LogP contribution in [0.1, 0.15) is 25.7 Å². The number of pyridine rings is 1. The van der Waals surface area contributed by atoms with Crippen LogP contribution in [0.2, 0.25) is 0 Å². The van der Waals surface area contributed by atoms with Crippen LogP contribution in [-0.4, -0.2) is 22.2 Å². The summed E-state index contributed by atoms with van der Waals surface area (Å²) in [6, 6.07) is 0.772. The normalized spacial score (nSPS) is 18.7. The Hall–Kier alpha value is -1.23. The molecule has 1 fully saturated rings. The molecule has 3 nitrogen and oxygen atoms in total. The zero-order valence-electron chi connectivity index (χ0n) is 8.84. The lowest BCUT2D eigenvalue weighted by Crippen LogP contribution is -2.33. The number of halogens is 2. The molecule has 0 saturated heterocycles. The maximum absolute atomic E-state index is 13.2. The van der Waals surface area contributed by atoms with Crippen LogP contribution in [0, 0.1) is 11.6 Å². The third kappa shape index (κ3) is 2.47. The maximum atomic E-state index is 13.2. The van der Waals surface area contributed by atoms with Crippen LogP contribution in [0.5, 0.6) is 0 Å². The van der Waals surface area contributed by atoms with Crippen molar-refractivity contribution in [2.75, 3.05) is 11.9 Å². The molecule has 1 saturated carbocycles. The Balaban J connectivity index is 1.99. The van der Waals surface area contributed by atoms with E-state index in [2.05, 4.69) is 10.3 Å². The molecule has 1 aromatic rings. The number of rotatable bonds is 3. The molecule has 0 amide bonds. The molecule has 1 aliphatic rings. The van der Waals surface area contributed by atoms with Gasteiger partial charge in [-0.1, -0.05) is 12.8 Å². The zero-order chi connectivity index (χ0) is 11.6. The van der Waals surface area contributed by atoms with Crippen LogP contribution < -0.4 is 5.32 Å². The van der Waals surface area contributed by atoms with Gasteiger partial charge in [0.25, 0.3) is 0 Å². The van der Waals surface area contributed by atoms with Crippen molar-refractivity contribution in [3.8, 4) is 0 Å². The molecule has 0 aromatic carbocycles. The van der Waals surface area contributed by atoms with E-state index in [9.17, 15) is 13.9 Å². The summed E-state index contributed by atoms with van der Waals surface area (Å²) in [5.74, 6) is -1.45. The molecule has 2 N–H and O–H groups in total. The average molecular weight is 228 g/mol. The molecule has 1 heterocycles. The molecule has 5 heteroatoms. The molecule has 0 spiro atoms. The van der Waals surface area contributed by atoms with E-state index in [4.69, 9.17) is 0 Å². The van der Waals surface area contributed by atoms with Gasteiger partial charge in [-0.15, -0.1) is 0 Å². The average Bonchev–Trinajstić information content (AvgIpc) is 2.64. The van der Waals surface area contributed by atoms with E-state index < -0.39 is 17.2 Å². The number of nitrogens with one attached hydrogen (secondary N) is 1. The van der Waals surface area contributed by atoms with Gasteiger partial charge in [-0.3, -0.25) is 0 Å². The van der Waals surface area contributed by atoms with Crippen molar-refractivity contribution < 1.29 is 13.9 Å². The van der Waals surface area contributed by atoms with Crippen LogP contribution in [-0.2, 0) is 0 Å². The largest absolute Gasteiger partial charge is 0.388 e. The maximum Gasteiger partial charge on any atom is 0.168 e. The number of nitrogens with zero attached hydrogens (tertiary/aromatic N) is 1. The van der Waals surface area contributed by atoms with Gasteiger partial charge in [-0.05, 0) is 12.8 Å². The van der Waals surface area contributed by atoms with Crippen molar-refractivity contribution in [3.05, 3.63) is 23.9 Å². The minimum absolute atomic E-state index is 0.0123. The van der Waals surface area contributed by atoms with E-state index in [1.807, 2.05) is 0 Å². The smallest absolute Gasteiger partial charge is 0.168 e. The predicted molar refractivity (Wildman–Crippen MR) is 56.1 cm³/mol. The number of aromatic nitrogens is 1. The fraction of sp³-hybridized carbons (Fsp3) is 0.545. The Morgan fingerprint density at radius 3 is 2.69 bits per heavy atom. The second-order valence-electron chi connectivity index (χ2n) is 4.27. The van der Waals surface area contributed by atoms with Gasteiger partial charge in [-0.2, -0.15) is 0 Å². The molecule has 0 unspecified atom stereocenters. The van der Waals surface area contributed by atoms with E-state index in [1.165, 1.54) is 0 Å². The van der Waals surface area contributed by atoms with Crippen molar-refractivity contribution in [2.24, 2.45) is 0 Å². The highest BCUT2D eigenvalue weighted by Gasteiger charge is 2.31. The number of hydrogen-bond acceptors (Lipinski definition) is 3. The molecule has 88 valence electrons. The highest BCUT2D eigenvalue weighted by molar-refractivity contribution is 5.36. The van der Waals surface area contributed by atoms with Gasteiger partial charge in [-0.25, -0.2) is 13.8 Å². The first-order chi connectivity index (χ1) is 7.59. The molecular formula is C11H14F2N2O. The second kappa shape index (κ2) is 4.33. The van der Waals surface area contributed by atoms with Crippen molar-refractivity contribution >= 4 is 5.82 Å². The Kier molecular flexibility index (Phi) is 3.05. The highest BCUT2D eigenvalue weighted by atomic mass is 19.1. The van der Waals surface area contributed by atoms with Gasteiger partial charge in [0.1, 0.15) is 5.82 Å². The summed E-state index contributed by atoms with van der Waals surface area (Å²) in [7, 11) is 0. The lowest BCUT2D eigenvalue weighted by Gasteiger charge is -2.22. The summed E-state index contributed by atoms with van der Waals surface area (Å²) < 4.78 is 25.8. The SMILES string of the molecule is OC1(CNc2ncc(F)cc2F)CCCC1. The zero-order valence-corrected chi connectivity index (χ0v) is 8.84. The quantitative estimate of drug-likeness (QED) is 0.832. The minimum Gasteiger partial charge on any atom is -0.388 e. The molecule has 2 rings (SSSR count). The fourth-order valence-electron chi connectivity index (χ4n) is 2.00. The lowest BCUT2D eigenvalue weighted by atomic mass is 10.0. The first kappa shape index (κ1) is 11.3. The topological polar surface area (TPSA) is 45.1 Å². The molecule has 16 heavy (non-hydrogen) atoms. The van der Waals surface area contributed by atoms with E-state index in [1.54, 1.807) is 0 Å². The van der Waals surface area contributed by atoms with E-state index in [0.717, 1.165) is 25.1 Å². The monoisotopic (exact) mass is 228 g/mol. The molecule has 1 aliphatic carbocycles. The Morgan fingerprint density at radius 2 is 2.06 bits per heavy atom. The van der Waals surface area contributed by atoms with Crippen LogP contribution in [0.4, 0.5) is 14.6 Å². The van der Waals surface area contributed by atoms with Gasteiger partial charge >= 0.3 is 0 Å². The van der Waals surface area contributed by atoms with E-state index in [0.29, 0.717) is 12.8 Å². The number of anilines is 1. The van der Waals surface area contributed by atoms with Crippen LogP contribution in [0.25, 0.3) is 0 Å². The molecule has 0 atom stereocenters. The molecule has 0 bridgehead atoms. The van der Waals surface area contributed by atoms with Crippen LogP contribution in [0.15, 0.2) is 12.3 Å². The number of aliphatic hydroxyl groups is 1. The molecular weight excluding hydrogens is 214 g/mol. The van der Waals surface area contributed by atoms with Crippen LogP contribution >= 0.6 is 0 Å². The molecule has 0 aliphatic heterocycles. The van der Waals surface area contributed by atoms with E-state index >= 15 is 0 Å². The Morgan fingerprint density at radius 1 is 1.38 bits per heavy atom. The Bertz CT molecular complexity index is 378. The third-order valence-electron chi connectivity index (χ3n) is 2.93. The fourth-order valence-corrected chi connectivity index (χ4v) is 2.00. The standard InChI is InChI=1S/C11H14F2N2O/c12-8-5-9(13)10(14-6-8)15-7-11(16)3-1-2-4-11/h5-6,16H,1-4,7H2,(H,14,15). The van der Waals surface area contributed by atoms with Crippen molar-refractivity contribution in [1.82, 2.24) is 4.98 Å². The minimum atomic E-state index is -0.775. The summed E-state index contributed by atoms with van der Waals surface area (Å²) in [4.78, 5) is 3.60. The number of hydrogen-bond donors (Lipinski definition) is 2. The Labute approximate surface area is 92.5 Å². The molecule has 1 aromatic heterocycles. The third-order valence-corrected chi connectivity index (χ3v) is 2.93. The van der Waals surface area contributed by atoms with Crippen molar-refractivity contribution in [2.45, 2.75) is 31.3 Å². The van der Waals surface area contributed by atoms with Gasteiger partial charge in [0.15, 0.2) is 11.6 Å². The summed E-state index contributed by atoms with van der Waals surface area (Å²) >= 11 is 0. The lowest BCUT2D eigenvalue weighted by molar-refractivity contribution is 0.0613. The van der Waals surface area contributed by atoms with Gasteiger partial charge < -0.3 is 10.4 Å². The summed E-state index contributed by atoms with van der Waals surface area (Å²) in [5, 5.41) is 12.7. The first-order valence-corrected chi connectivity index (χ1v) is 5.36. The van der Waals surface area contributed by atoms with Gasteiger partial charge in [0, 0.05) is 12.6 Å². The summed E-state index contributed by atoms with van der Waals surface area (Å²) in [6.07, 6.45) is 4.34. The molecule has 0 radical (unpaired) electrons. The first-order valence-electron chi connectivity index (χ1n) is 5.36. The highest BCUT2D eigenvalue weighted by Crippen LogP contribution is 2.29. The van der Waals surface area contributed by atoms with Gasteiger partial charge in [0.05, 0.1) is 11.8 Å². The summed E-state index contributed by atoms with van der Waals surface area (Å²) in [5.41, 5.74) is -0.775.